The Balaban J connectivity index is 0.000000129. The molecule has 0 aliphatic heterocycles. The summed E-state index contributed by atoms with van der Waals surface area (Å²) in [6.07, 6.45) is 0. The molecule has 0 bridgehead atoms. The van der Waals surface area contributed by atoms with E-state index in [1.54, 1.807) is 9.59 Å². The van der Waals surface area contributed by atoms with Gasteiger partial charge in [0.25, 0.3) is 0 Å². The van der Waals surface area contributed by atoms with E-state index in [9.17, 15) is 0 Å². The Morgan fingerprint density at radius 2 is 0.795 bits per heavy atom. The standard InChI is InChI=1S/2C15H10N3.2ClH.Ti/c2*1-2-6-12-10-13(9-11(12)5-1)18-16-14-7-3-4-8-15(14)17-18;;;/h2*1-10H;2*1H;/q2*-1;;;+2/p-2. The van der Waals surface area contributed by atoms with Crippen LogP contribution in [-0.2, 0) is 17.0 Å². The maximum Gasteiger partial charge on any atom is 0.113 e. The van der Waals surface area contributed by atoms with Crippen LogP contribution in [0.25, 0.3) is 55.0 Å². The molecule has 190 valence electrons. The summed E-state index contributed by atoms with van der Waals surface area (Å²) in [5, 5.41) is 22.8. The van der Waals surface area contributed by atoms with Crippen LogP contribution in [0.5, 0.6) is 0 Å². The van der Waals surface area contributed by atoms with Gasteiger partial charge in [0.15, 0.2) is 0 Å². The van der Waals surface area contributed by atoms with Gasteiger partial charge in [-0.25, -0.2) is 0 Å². The van der Waals surface area contributed by atoms with Crippen molar-refractivity contribution in [2.75, 3.05) is 0 Å². The van der Waals surface area contributed by atoms with E-state index in [0.717, 1.165) is 33.4 Å². The quantitative estimate of drug-likeness (QED) is 0.153. The van der Waals surface area contributed by atoms with Crippen LogP contribution in [-0.4, -0.2) is 30.0 Å². The molecule has 0 aliphatic carbocycles. The molecule has 0 saturated heterocycles. The number of halogens is 2. The molecule has 8 rings (SSSR count). The molecule has 2 heterocycles. The molecule has 2 aromatic heterocycles. The van der Waals surface area contributed by atoms with Crippen LogP contribution in [0.3, 0.4) is 0 Å². The molecule has 9 heteroatoms. The molecular weight excluding hydrogens is 563 g/mol. The average Bonchev–Trinajstić information content (AvgIpc) is 3.76. The molecule has 0 saturated carbocycles. The fourth-order valence-electron chi connectivity index (χ4n) is 4.45. The number of nitrogens with zero attached hydrogens (tertiary/aromatic N) is 6. The van der Waals surface area contributed by atoms with E-state index in [-0.39, 0.29) is 0 Å². The van der Waals surface area contributed by atoms with E-state index in [2.05, 4.69) is 68.9 Å². The summed E-state index contributed by atoms with van der Waals surface area (Å²) in [6.45, 7) is 0. The summed E-state index contributed by atoms with van der Waals surface area (Å²) < 4.78 is 0. The van der Waals surface area contributed by atoms with Crippen LogP contribution >= 0.6 is 18.6 Å². The fourth-order valence-corrected chi connectivity index (χ4v) is 4.45. The second kappa shape index (κ2) is 11.5. The summed E-state index contributed by atoms with van der Waals surface area (Å²) in [5.41, 5.74) is 5.69. The van der Waals surface area contributed by atoms with Gasteiger partial charge in [0.2, 0.25) is 0 Å². The zero-order valence-corrected chi connectivity index (χ0v) is 23.6. The van der Waals surface area contributed by atoms with Crippen molar-refractivity contribution in [3.63, 3.8) is 0 Å². The van der Waals surface area contributed by atoms with Gasteiger partial charge in [0.05, 0.1) is 0 Å². The predicted molar refractivity (Wildman–Crippen MR) is 156 cm³/mol. The fraction of sp³-hybridized carbons (Fsp3) is 0. The van der Waals surface area contributed by atoms with E-state index in [4.69, 9.17) is 18.6 Å². The molecule has 6 nitrogen and oxygen atoms in total. The Morgan fingerprint density at radius 3 is 1.13 bits per heavy atom. The first-order valence-electron chi connectivity index (χ1n) is 12.1. The van der Waals surface area contributed by atoms with Gasteiger partial charge < -0.3 is 0 Å². The maximum absolute atomic E-state index is 4.89. The van der Waals surface area contributed by atoms with Crippen molar-refractivity contribution < 1.29 is 17.0 Å². The van der Waals surface area contributed by atoms with Gasteiger partial charge >= 0.3 is 35.6 Å². The molecule has 0 aliphatic rings. The summed E-state index contributed by atoms with van der Waals surface area (Å²) in [5.74, 6) is 0. The summed E-state index contributed by atoms with van der Waals surface area (Å²) >= 11 is -0.556. The van der Waals surface area contributed by atoms with Gasteiger partial charge in [-0.05, 0) is 35.6 Å². The normalized spacial score (nSPS) is 10.8. The van der Waals surface area contributed by atoms with Crippen molar-refractivity contribution in [2.24, 2.45) is 0 Å². The average molecular weight is 583 g/mol. The number of benzene rings is 4. The number of rotatable bonds is 2. The van der Waals surface area contributed by atoms with E-state index < -0.39 is 17.0 Å². The SMILES string of the molecule is [Cl][Ti][Cl].c1ccc2[cH-]c(-n3nc4ccccc4n3)cc2c1.c1ccc2[cH-]c(-n3nc4ccccc4n3)cc2c1. The molecule has 39 heavy (non-hydrogen) atoms. The second-order valence-electron chi connectivity index (χ2n) is 8.71. The molecule has 0 N–H and O–H groups in total. The molecule has 8 aromatic rings. The minimum Gasteiger partial charge on any atom is -0.170 e. The third-order valence-corrected chi connectivity index (χ3v) is 6.24. The van der Waals surface area contributed by atoms with Crippen LogP contribution in [0.4, 0.5) is 0 Å². The summed E-state index contributed by atoms with van der Waals surface area (Å²) in [4.78, 5) is 3.40. The van der Waals surface area contributed by atoms with Crippen LogP contribution in [0.1, 0.15) is 0 Å². The third kappa shape index (κ3) is 5.51. The Kier molecular flexibility index (Phi) is 7.52. The monoisotopic (exact) mass is 582 g/mol. The molecule has 0 amide bonds. The molecular formula is C30H20Cl2N6Ti-2. The molecule has 0 fully saturated rings. The Hall–Kier alpha value is -3.81. The van der Waals surface area contributed by atoms with Gasteiger partial charge in [-0.1, -0.05) is 36.4 Å². The molecule has 0 atom stereocenters. The molecule has 0 spiro atoms. The van der Waals surface area contributed by atoms with Gasteiger partial charge in [-0.3, -0.25) is 0 Å². The van der Waals surface area contributed by atoms with Crippen molar-refractivity contribution in [2.45, 2.75) is 0 Å². The summed E-state index contributed by atoms with van der Waals surface area (Å²) in [7, 11) is 9.78. The molecule has 6 aromatic carbocycles. The van der Waals surface area contributed by atoms with Gasteiger partial charge in [-0.2, -0.15) is 9.59 Å². The number of aromatic nitrogens is 6. The zero-order valence-electron chi connectivity index (χ0n) is 20.5. The van der Waals surface area contributed by atoms with Crippen LogP contribution in [0.2, 0.25) is 0 Å². The van der Waals surface area contributed by atoms with Gasteiger partial charge in [0.1, 0.15) is 22.1 Å². The van der Waals surface area contributed by atoms with Crippen molar-refractivity contribution >= 4 is 62.2 Å². The smallest absolute Gasteiger partial charge is 0.113 e. The van der Waals surface area contributed by atoms with Gasteiger partial charge in [0, 0.05) is 0 Å². The minimum absolute atomic E-state index is 0.556. The first-order valence-corrected chi connectivity index (χ1v) is 16.4. The first kappa shape index (κ1) is 25.5. The van der Waals surface area contributed by atoms with Crippen LogP contribution in [0, 0.1) is 0 Å². The molecule has 0 radical (unpaired) electrons. The Morgan fingerprint density at radius 1 is 0.487 bits per heavy atom. The minimum atomic E-state index is -0.556. The van der Waals surface area contributed by atoms with E-state index in [1.165, 1.54) is 21.5 Å². The zero-order chi connectivity index (χ0) is 26.6. The largest absolute Gasteiger partial charge is 0.170 e. The van der Waals surface area contributed by atoms with E-state index in [1.807, 2.05) is 72.8 Å². The molecule has 0 unspecified atom stereocenters. The first-order chi connectivity index (χ1) is 19.2. The van der Waals surface area contributed by atoms with Crippen LogP contribution < -0.4 is 0 Å². The van der Waals surface area contributed by atoms with E-state index in [0.29, 0.717) is 0 Å². The number of fused-ring (bicyclic) bond motifs is 4. The van der Waals surface area contributed by atoms with Gasteiger partial charge in [-0.15, -0.1) is 103 Å². The third-order valence-electron chi connectivity index (χ3n) is 6.24. The van der Waals surface area contributed by atoms with Crippen molar-refractivity contribution in [3.8, 4) is 11.4 Å². The van der Waals surface area contributed by atoms with E-state index >= 15 is 0 Å². The number of hydrogen-bond acceptors (Lipinski definition) is 4. The van der Waals surface area contributed by atoms with Crippen molar-refractivity contribution in [1.82, 2.24) is 30.0 Å². The van der Waals surface area contributed by atoms with Crippen molar-refractivity contribution in [1.29, 1.82) is 0 Å². The van der Waals surface area contributed by atoms with Crippen molar-refractivity contribution in [3.05, 3.63) is 121 Å². The number of hydrogen-bond donors (Lipinski definition) is 0. The topological polar surface area (TPSA) is 61.4 Å². The Labute approximate surface area is 240 Å². The van der Waals surface area contributed by atoms with Crippen LogP contribution in [0.15, 0.2) is 121 Å². The predicted octanol–water partition coefficient (Wildman–Crippen LogP) is 7.96. The maximum atomic E-state index is 4.89. The summed E-state index contributed by atoms with van der Waals surface area (Å²) in [6, 6.07) is 40.8. The Bertz CT molecular complexity index is 1580. The second-order valence-corrected chi connectivity index (χ2v) is 11.3.